The molecule has 0 saturated carbocycles. The maximum atomic E-state index is 5.37. The van der Waals surface area contributed by atoms with E-state index in [4.69, 9.17) is 9.47 Å². The van der Waals surface area contributed by atoms with Crippen LogP contribution in [0.3, 0.4) is 0 Å². The summed E-state index contributed by atoms with van der Waals surface area (Å²) >= 11 is 6.70. The zero-order chi connectivity index (χ0) is 9.23. The highest BCUT2D eigenvalue weighted by Crippen LogP contribution is 2.01. The third-order valence-corrected chi connectivity index (χ3v) is 2.82. The zero-order valence-electron chi connectivity index (χ0n) is 7.39. The number of hydrogen-bond donors (Lipinski definition) is 0. The summed E-state index contributed by atoms with van der Waals surface area (Å²) in [6.45, 7) is 3.35. The van der Waals surface area contributed by atoms with Crippen LogP contribution < -0.4 is 0 Å². The van der Waals surface area contributed by atoms with Gasteiger partial charge in [-0.25, -0.2) is 0 Å². The van der Waals surface area contributed by atoms with Crippen LogP contribution >= 0.6 is 31.9 Å². The van der Waals surface area contributed by atoms with E-state index in [2.05, 4.69) is 38.8 Å². The number of alkyl halides is 2. The van der Waals surface area contributed by atoms with Gasteiger partial charge in [-0.3, -0.25) is 0 Å². The van der Waals surface area contributed by atoms with Gasteiger partial charge >= 0.3 is 0 Å². The lowest BCUT2D eigenvalue weighted by Gasteiger charge is -2.11. The van der Waals surface area contributed by atoms with E-state index in [1.165, 1.54) is 6.42 Å². The van der Waals surface area contributed by atoms with Crippen LogP contribution in [0.25, 0.3) is 0 Å². The normalized spacial score (nSPS) is 11.0. The Morgan fingerprint density at radius 1 is 1.25 bits per heavy atom. The van der Waals surface area contributed by atoms with E-state index in [0.29, 0.717) is 6.79 Å². The second kappa shape index (κ2) is 9.96. The molecule has 0 saturated heterocycles. The van der Waals surface area contributed by atoms with E-state index >= 15 is 0 Å². The number of hydrogen-bond acceptors (Lipinski definition) is 2. The standard InChI is InChI=1S/C8H16Br2O2/c1-2-3-4-11-7-12-8(5-9)6-10/h8H,2-7H2,1H3. The fourth-order valence-electron chi connectivity index (χ4n) is 0.580. The Morgan fingerprint density at radius 3 is 2.42 bits per heavy atom. The summed E-state index contributed by atoms with van der Waals surface area (Å²) in [5, 5.41) is 1.69. The van der Waals surface area contributed by atoms with E-state index in [-0.39, 0.29) is 6.10 Å². The Morgan fingerprint density at radius 2 is 1.92 bits per heavy atom. The minimum absolute atomic E-state index is 0.214. The largest absolute Gasteiger partial charge is 0.355 e. The highest BCUT2D eigenvalue weighted by molar-refractivity contribution is 9.09. The van der Waals surface area contributed by atoms with Crippen molar-refractivity contribution in [1.29, 1.82) is 0 Å². The first-order valence-corrected chi connectivity index (χ1v) is 6.40. The molecule has 0 aliphatic rings. The van der Waals surface area contributed by atoms with Crippen molar-refractivity contribution in [2.75, 3.05) is 24.1 Å². The van der Waals surface area contributed by atoms with Crippen LogP contribution in [-0.2, 0) is 9.47 Å². The molecule has 0 aromatic heterocycles. The van der Waals surface area contributed by atoms with Crippen molar-refractivity contribution in [2.24, 2.45) is 0 Å². The minimum Gasteiger partial charge on any atom is -0.355 e. The van der Waals surface area contributed by atoms with Gasteiger partial charge in [-0.2, -0.15) is 0 Å². The molecule has 0 aromatic carbocycles. The van der Waals surface area contributed by atoms with Gasteiger partial charge in [0.2, 0.25) is 0 Å². The molecule has 0 atom stereocenters. The van der Waals surface area contributed by atoms with Crippen LogP contribution in [0.4, 0.5) is 0 Å². The molecular formula is C8H16Br2O2. The molecule has 0 aromatic rings. The summed E-state index contributed by atoms with van der Waals surface area (Å²) in [6, 6.07) is 0. The second-order valence-corrected chi connectivity index (χ2v) is 3.77. The maximum Gasteiger partial charge on any atom is 0.147 e. The lowest BCUT2D eigenvalue weighted by atomic mass is 10.4. The van der Waals surface area contributed by atoms with Crippen molar-refractivity contribution in [2.45, 2.75) is 25.9 Å². The summed E-state index contributed by atoms with van der Waals surface area (Å²) in [5.74, 6) is 0. The molecular weight excluding hydrogens is 288 g/mol. The SMILES string of the molecule is CCCCOCOC(CBr)CBr. The highest BCUT2D eigenvalue weighted by atomic mass is 79.9. The van der Waals surface area contributed by atoms with Crippen LogP contribution in [0.15, 0.2) is 0 Å². The fourth-order valence-corrected chi connectivity index (χ4v) is 2.03. The number of rotatable bonds is 8. The minimum atomic E-state index is 0.214. The van der Waals surface area contributed by atoms with Crippen LogP contribution in [0.1, 0.15) is 19.8 Å². The molecule has 0 radical (unpaired) electrons. The lowest BCUT2D eigenvalue weighted by Crippen LogP contribution is -2.18. The topological polar surface area (TPSA) is 18.5 Å². The third-order valence-electron chi connectivity index (χ3n) is 1.37. The summed E-state index contributed by atoms with van der Waals surface area (Å²) in [6.07, 6.45) is 2.49. The predicted molar refractivity (Wildman–Crippen MR) is 58.2 cm³/mol. The third kappa shape index (κ3) is 7.53. The van der Waals surface area contributed by atoms with Crippen molar-refractivity contribution >= 4 is 31.9 Å². The first kappa shape index (κ1) is 12.9. The highest BCUT2D eigenvalue weighted by Gasteiger charge is 2.03. The first-order valence-electron chi connectivity index (χ1n) is 4.16. The average molecular weight is 304 g/mol. The van der Waals surface area contributed by atoms with Crippen molar-refractivity contribution in [3.63, 3.8) is 0 Å². The molecule has 0 heterocycles. The van der Waals surface area contributed by atoms with Gasteiger partial charge in [0.25, 0.3) is 0 Å². The molecule has 0 bridgehead atoms. The quantitative estimate of drug-likeness (QED) is 0.390. The molecule has 4 heteroatoms. The van der Waals surface area contributed by atoms with Crippen LogP contribution in [0, 0.1) is 0 Å². The van der Waals surface area contributed by atoms with Crippen LogP contribution in [0.2, 0.25) is 0 Å². The first-order chi connectivity index (χ1) is 5.85. The summed E-state index contributed by atoms with van der Waals surface area (Å²) in [5.41, 5.74) is 0. The number of halogens is 2. The van der Waals surface area contributed by atoms with Crippen molar-refractivity contribution in [3.05, 3.63) is 0 Å². The summed E-state index contributed by atoms with van der Waals surface area (Å²) < 4.78 is 10.6. The Kier molecular flexibility index (Phi) is 10.7. The molecule has 0 spiro atoms. The van der Waals surface area contributed by atoms with Crippen LogP contribution in [0.5, 0.6) is 0 Å². The lowest BCUT2D eigenvalue weighted by molar-refractivity contribution is -0.0755. The van der Waals surface area contributed by atoms with Crippen molar-refractivity contribution in [1.82, 2.24) is 0 Å². The van der Waals surface area contributed by atoms with E-state index in [1.807, 2.05) is 0 Å². The molecule has 0 amide bonds. The molecule has 74 valence electrons. The molecule has 2 nitrogen and oxygen atoms in total. The Labute approximate surface area is 91.3 Å². The molecule has 0 unspecified atom stereocenters. The molecule has 0 fully saturated rings. The van der Waals surface area contributed by atoms with Gasteiger partial charge in [0, 0.05) is 17.3 Å². The monoisotopic (exact) mass is 302 g/mol. The van der Waals surface area contributed by atoms with E-state index < -0.39 is 0 Å². The second-order valence-electron chi connectivity index (χ2n) is 2.48. The number of ether oxygens (including phenoxy) is 2. The molecule has 0 aliphatic heterocycles. The van der Waals surface area contributed by atoms with E-state index in [9.17, 15) is 0 Å². The fraction of sp³-hybridized carbons (Fsp3) is 1.00. The Bertz CT molecular complexity index is 87.1. The summed E-state index contributed by atoms with van der Waals surface area (Å²) in [7, 11) is 0. The maximum absolute atomic E-state index is 5.37. The van der Waals surface area contributed by atoms with E-state index in [0.717, 1.165) is 23.7 Å². The molecule has 12 heavy (non-hydrogen) atoms. The van der Waals surface area contributed by atoms with Gasteiger partial charge in [0.1, 0.15) is 6.79 Å². The van der Waals surface area contributed by atoms with Crippen LogP contribution in [-0.4, -0.2) is 30.2 Å². The zero-order valence-corrected chi connectivity index (χ0v) is 10.6. The van der Waals surface area contributed by atoms with Gasteiger partial charge < -0.3 is 9.47 Å². The summed E-state index contributed by atoms with van der Waals surface area (Å²) in [4.78, 5) is 0. The molecule has 0 N–H and O–H groups in total. The smallest absolute Gasteiger partial charge is 0.147 e. The molecule has 0 aliphatic carbocycles. The molecule has 0 rings (SSSR count). The van der Waals surface area contributed by atoms with Gasteiger partial charge in [-0.15, -0.1) is 0 Å². The Hall–Kier alpha value is 0.880. The number of unbranched alkanes of at least 4 members (excludes halogenated alkanes) is 1. The van der Waals surface area contributed by atoms with Gasteiger partial charge in [0.15, 0.2) is 0 Å². The van der Waals surface area contributed by atoms with Gasteiger partial charge in [0.05, 0.1) is 6.10 Å². The van der Waals surface area contributed by atoms with Gasteiger partial charge in [-0.05, 0) is 6.42 Å². The van der Waals surface area contributed by atoms with Gasteiger partial charge in [-0.1, -0.05) is 45.2 Å². The average Bonchev–Trinajstić information content (AvgIpc) is 2.11. The predicted octanol–water partition coefficient (Wildman–Crippen LogP) is 2.94. The van der Waals surface area contributed by atoms with Crippen molar-refractivity contribution in [3.8, 4) is 0 Å². The van der Waals surface area contributed by atoms with E-state index in [1.54, 1.807) is 0 Å². The Balaban J connectivity index is 3.06. The van der Waals surface area contributed by atoms with Crippen molar-refractivity contribution < 1.29 is 9.47 Å².